The normalized spacial score (nSPS) is 15.9. The zero-order valence-corrected chi connectivity index (χ0v) is 15.4. The standard InChI is InChI=1S/C20H16FN5O3/c1-27-15-8-4-12(5-9-15)17-10-26-16(11-28-17)18(23-25-26)20-22-19(24-29-20)13-2-6-14(21)7-3-13/h2-9,17H,10-11H2,1H3. The van der Waals surface area contributed by atoms with Gasteiger partial charge in [-0.15, -0.1) is 5.10 Å². The first-order valence-corrected chi connectivity index (χ1v) is 8.99. The molecule has 1 aliphatic rings. The number of benzene rings is 2. The van der Waals surface area contributed by atoms with Gasteiger partial charge >= 0.3 is 0 Å². The summed E-state index contributed by atoms with van der Waals surface area (Å²) < 4.78 is 31.5. The van der Waals surface area contributed by atoms with Gasteiger partial charge in [-0.3, -0.25) is 0 Å². The number of hydrogen-bond acceptors (Lipinski definition) is 7. The van der Waals surface area contributed by atoms with Crippen LogP contribution in [0.1, 0.15) is 17.4 Å². The van der Waals surface area contributed by atoms with Crippen molar-refractivity contribution in [3.8, 4) is 28.7 Å². The zero-order chi connectivity index (χ0) is 19.8. The van der Waals surface area contributed by atoms with Crippen LogP contribution in [0.5, 0.6) is 5.75 Å². The van der Waals surface area contributed by atoms with Gasteiger partial charge in [-0.25, -0.2) is 9.07 Å². The van der Waals surface area contributed by atoms with Crippen LogP contribution >= 0.6 is 0 Å². The summed E-state index contributed by atoms with van der Waals surface area (Å²) in [7, 11) is 1.63. The Bertz CT molecular complexity index is 1140. The molecule has 2 aromatic heterocycles. The highest BCUT2D eigenvalue weighted by atomic mass is 19.1. The monoisotopic (exact) mass is 393 g/mol. The third-order valence-corrected chi connectivity index (χ3v) is 4.82. The highest BCUT2D eigenvalue weighted by Gasteiger charge is 2.28. The van der Waals surface area contributed by atoms with E-state index in [0.717, 1.165) is 17.0 Å². The zero-order valence-electron chi connectivity index (χ0n) is 15.4. The molecule has 0 fully saturated rings. The van der Waals surface area contributed by atoms with Gasteiger partial charge in [-0.1, -0.05) is 22.5 Å². The van der Waals surface area contributed by atoms with E-state index in [0.29, 0.717) is 30.2 Å². The minimum atomic E-state index is -0.326. The summed E-state index contributed by atoms with van der Waals surface area (Å²) in [6.07, 6.45) is -0.139. The van der Waals surface area contributed by atoms with Crippen LogP contribution in [-0.4, -0.2) is 32.2 Å². The fourth-order valence-corrected chi connectivity index (χ4v) is 3.23. The van der Waals surface area contributed by atoms with Crippen molar-refractivity contribution in [2.75, 3.05) is 7.11 Å². The Morgan fingerprint density at radius 2 is 1.90 bits per heavy atom. The third-order valence-electron chi connectivity index (χ3n) is 4.82. The van der Waals surface area contributed by atoms with Gasteiger partial charge in [0.05, 0.1) is 26.0 Å². The second-order valence-electron chi connectivity index (χ2n) is 6.57. The van der Waals surface area contributed by atoms with Crippen LogP contribution in [0.4, 0.5) is 4.39 Å². The van der Waals surface area contributed by atoms with Gasteiger partial charge in [0, 0.05) is 5.56 Å². The molecule has 146 valence electrons. The van der Waals surface area contributed by atoms with E-state index in [1.807, 2.05) is 24.3 Å². The van der Waals surface area contributed by atoms with Crippen molar-refractivity contribution in [1.82, 2.24) is 25.1 Å². The predicted octanol–water partition coefficient (Wildman–Crippen LogP) is 3.41. The second-order valence-corrected chi connectivity index (χ2v) is 6.57. The number of hydrogen-bond donors (Lipinski definition) is 0. The van der Waals surface area contributed by atoms with E-state index in [2.05, 4.69) is 20.5 Å². The first-order chi connectivity index (χ1) is 14.2. The molecule has 1 atom stereocenters. The topological polar surface area (TPSA) is 88.1 Å². The molecule has 0 saturated heterocycles. The highest BCUT2D eigenvalue weighted by molar-refractivity contribution is 5.58. The van der Waals surface area contributed by atoms with Crippen LogP contribution in [0, 0.1) is 5.82 Å². The van der Waals surface area contributed by atoms with Gasteiger partial charge in [0.1, 0.15) is 17.7 Å². The van der Waals surface area contributed by atoms with Crippen molar-refractivity contribution in [3.63, 3.8) is 0 Å². The lowest BCUT2D eigenvalue weighted by Crippen LogP contribution is -2.22. The van der Waals surface area contributed by atoms with E-state index in [4.69, 9.17) is 14.0 Å². The SMILES string of the molecule is COc1ccc(C2Cn3nnc(-c4nc(-c5ccc(F)cc5)no4)c3CO2)cc1. The summed E-state index contributed by atoms with van der Waals surface area (Å²) in [6, 6.07) is 13.6. The number of methoxy groups -OCH3 is 1. The Hall–Kier alpha value is -3.59. The van der Waals surface area contributed by atoms with E-state index in [1.165, 1.54) is 12.1 Å². The lowest BCUT2D eigenvalue weighted by atomic mass is 10.1. The molecule has 5 rings (SSSR count). The second kappa shape index (κ2) is 7.10. The van der Waals surface area contributed by atoms with E-state index in [9.17, 15) is 4.39 Å². The van der Waals surface area contributed by atoms with Crippen LogP contribution < -0.4 is 4.74 Å². The molecule has 2 aromatic carbocycles. The Morgan fingerprint density at radius 3 is 2.66 bits per heavy atom. The Morgan fingerprint density at radius 1 is 1.10 bits per heavy atom. The van der Waals surface area contributed by atoms with Crippen molar-refractivity contribution < 1.29 is 18.4 Å². The number of ether oxygens (including phenoxy) is 2. The van der Waals surface area contributed by atoms with Crippen molar-refractivity contribution in [1.29, 1.82) is 0 Å². The molecule has 1 aliphatic heterocycles. The van der Waals surface area contributed by atoms with Crippen LogP contribution in [-0.2, 0) is 17.9 Å². The quantitative estimate of drug-likeness (QED) is 0.525. The molecule has 4 aromatic rings. The highest BCUT2D eigenvalue weighted by Crippen LogP contribution is 2.31. The van der Waals surface area contributed by atoms with Crippen molar-refractivity contribution in [2.45, 2.75) is 19.3 Å². The third kappa shape index (κ3) is 3.25. The van der Waals surface area contributed by atoms with E-state index < -0.39 is 0 Å². The van der Waals surface area contributed by atoms with Crippen molar-refractivity contribution in [3.05, 3.63) is 65.6 Å². The summed E-state index contributed by atoms with van der Waals surface area (Å²) in [5.74, 6) is 1.07. The van der Waals surface area contributed by atoms with Crippen LogP contribution in [0.25, 0.3) is 23.0 Å². The maximum absolute atomic E-state index is 13.1. The van der Waals surface area contributed by atoms with Gasteiger partial charge < -0.3 is 14.0 Å². The number of fused-ring (bicyclic) bond motifs is 1. The average molecular weight is 393 g/mol. The molecule has 1 unspecified atom stereocenters. The first kappa shape index (κ1) is 17.5. The number of rotatable bonds is 4. The Kier molecular flexibility index (Phi) is 4.28. The van der Waals surface area contributed by atoms with E-state index in [1.54, 1.807) is 23.9 Å². The summed E-state index contributed by atoms with van der Waals surface area (Å²) >= 11 is 0. The van der Waals surface area contributed by atoms with Crippen molar-refractivity contribution in [2.24, 2.45) is 0 Å². The van der Waals surface area contributed by atoms with Gasteiger partial charge in [0.15, 0.2) is 5.69 Å². The molecule has 3 heterocycles. The Labute approximate surface area is 164 Å². The maximum Gasteiger partial charge on any atom is 0.280 e. The lowest BCUT2D eigenvalue weighted by molar-refractivity contribution is -0.00119. The molecule has 0 amide bonds. The van der Waals surface area contributed by atoms with Gasteiger partial charge in [0.2, 0.25) is 5.82 Å². The van der Waals surface area contributed by atoms with Gasteiger partial charge in [-0.2, -0.15) is 4.98 Å². The molecule has 0 bridgehead atoms. The van der Waals surface area contributed by atoms with Crippen LogP contribution in [0.3, 0.4) is 0 Å². The summed E-state index contributed by atoms with van der Waals surface area (Å²) in [5, 5.41) is 12.4. The molecular formula is C20H16FN5O3. The molecule has 0 saturated carbocycles. The summed E-state index contributed by atoms with van der Waals surface area (Å²) in [4.78, 5) is 4.37. The largest absolute Gasteiger partial charge is 0.497 e. The van der Waals surface area contributed by atoms with Gasteiger partial charge in [-0.05, 0) is 42.0 Å². The molecule has 8 nitrogen and oxygen atoms in total. The maximum atomic E-state index is 13.1. The minimum absolute atomic E-state index is 0.139. The first-order valence-electron chi connectivity index (χ1n) is 8.99. The van der Waals surface area contributed by atoms with Gasteiger partial charge in [0.25, 0.3) is 5.89 Å². The van der Waals surface area contributed by atoms with Crippen LogP contribution in [0.2, 0.25) is 0 Å². The van der Waals surface area contributed by atoms with E-state index >= 15 is 0 Å². The number of aromatic nitrogens is 5. The van der Waals surface area contributed by atoms with E-state index in [-0.39, 0.29) is 17.8 Å². The van der Waals surface area contributed by atoms with Crippen LogP contribution in [0.15, 0.2) is 53.1 Å². The molecule has 0 N–H and O–H groups in total. The molecule has 0 spiro atoms. The molecule has 0 aliphatic carbocycles. The number of halogens is 1. The lowest BCUT2D eigenvalue weighted by Gasteiger charge is -2.24. The molecule has 0 radical (unpaired) electrons. The number of nitrogens with zero attached hydrogens (tertiary/aromatic N) is 5. The molecule has 29 heavy (non-hydrogen) atoms. The summed E-state index contributed by atoms with van der Waals surface area (Å²) in [5.41, 5.74) is 2.94. The fraction of sp³-hybridized carbons (Fsp3) is 0.200. The van der Waals surface area contributed by atoms with Crippen molar-refractivity contribution >= 4 is 0 Å². The smallest absolute Gasteiger partial charge is 0.280 e. The fourth-order valence-electron chi connectivity index (χ4n) is 3.23. The average Bonchev–Trinajstić information content (AvgIpc) is 3.41. The predicted molar refractivity (Wildman–Crippen MR) is 99.2 cm³/mol. The summed E-state index contributed by atoms with van der Waals surface area (Å²) in [6.45, 7) is 0.834. The Balaban J connectivity index is 1.38. The minimum Gasteiger partial charge on any atom is -0.497 e. The molecule has 9 heteroatoms. The molecular weight excluding hydrogens is 377 g/mol.